The summed E-state index contributed by atoms with van der Waals surface area (Å²) in [7, 11) is 0. The maximum absolute atomic E-state index is 10.4. The number of carboxylic acid groups (broad SMARTS) is 1. The van der Waals surface area contributed by atoms with Gasteiger partial charge in [0.2, 0.25) is 6.41 Å². The topological polar surface area (TPSA) is 66.8 Å². The van der Waals surface area contributed by atoms with Gasteiger partial charge in [-0.1, -0.05) is 30.3 Å². The number of hydrogen-bond donors (Lipinski definition) is 1. The van der Waals surface area contributed by atoms with Gasteiger partial charge in [-0.15, -0.1) is 0 Å². The van der Waals surface area contributed by atoms with Crippen molar-refractivity contribution in [2.75, 3.05) is 6.54 Å². The fourth-order valence-corrected chi connectivity index (χ4v) is 0.978. The van der Waals surface area contributed by atoms with Gasteiger partial charge in [0.05, 0.1) is 0 Å². The summed E-state index contributed by atoms with van der Waals surface area (Å²) >= 11 is 0. The standard InChI is InChI=1S/C10H11NO4/c12-8-11(6-10(13)14)15-7-9-4-2-1-3-5-9/h1-5,8H,6-7H2,(H,13,14). The van der Waals surface area contributed by atoms with Gasteiger partial charge in [-0.2, -0.15) is 0 Å². The largest absolute Gasteiger partial charge is 0.480 e. The molecule has 1 aromatic rings. The van der Waals surface area contributed by atoms with Gasteiger partial charge >= 0.3 is 5.97 Å². The van der Waals surface area contributed by atoms with Crippen molar-refractivity contribution in [2.24, 2.45) is 0 Å². The molecule has 1 amide bonds. The minimum absolute atomic E-state index is 0.173. The Kier molecular flexibility index (Phi) is 4.30. The van der Waals surface area contributed by atoms with Crippen LogP contribution in [0.1, 0.15) is 5.56 Å². The molecule has 0 fully saturated rings. The maximum Gasteiger partial charge on any atom is 0.325 e. The summed E-state index contributed by atoms with van der Waals surface area (Å²) in [5, 5.41) is 9.18. The van der Waals surface area contributed by atoms with E-state index in [9.17, 15) is 9.59 Å². The third kappa shape index (κ3) is 4.24. The molecule has 1 rings (SSSR count). The molecule has 0 radical (unpaired) electrons. The van der Waals surface area contributed by atoms with E-state index in [0.717, 1.165) is 10.6 Å². The van der Waals surface area contributed by atoms with E-state index in [2.05, 4.69) is 0 Å². The number of hydroxylamine groups is 2. The number of carbonyl (C=O) groups is 2. The van der Waals surface area contributed by atoms with Gasteiger partial charge < -0.3 is 5.11 Å². The minimum atomic E-state index is -1.12. The van der Waals surface area contributed by atoms with E-state index in [4.69, 9.17) is 9.94 Å². The highest BCUT2D eigenvalue weighted by Crippen LogP contribution is 2.01. The Morgan fingerprint density at radius 3 is 2.60 bits per heavy atom. The second-order valence-electron chi connectivity index (χ2n) is 2.83. The lowest BCUT2D eigenvalue weighted by Crippen LogP contribution is -2.28. The molecule has 5 heteroatoms. The van der Waals surface area contributed by atoms with Gasteiger partial charge in [0.1, 0.15) is 13.2 Å². The number of rotatable bonds is 6. The van der Waals surface area contributed by atoms with E-state index in [1.807, 2.05) is 30.3 Å². The number of aliphatic carboxylic acids is 1. The smallest absolute Gasteiger partial charge is 0.325 e. The highest BCUT2D eigenvalue weighted by molar-refractivity contribution is 5.71. The zero-order chi connectivity index (χ0) is 11.1. The number of benzene rings is 1. The minimum Gasteiger partial charge on any atom is -0.480 e. The summed E-state index contributed by atoms with van der Waals surface area (Å²) in [6.45, 7) is -0.288. The predicted octanol–water partition coefficient (Wildman–Crippen LogP) is 0.661. The summed E-state index contributed by atoms with van der Waals surface area (Å²) in [4.78, 5) is 25.7. The molecule has 0 aliphatic carbocycles. The molecule has 0 atom stereocenters. The average molecular weight is 209 g/mol. The van der Waals surface area contributed by atoms with Gasteiger partial charge in [0, 0.05) is 0 Å². The van der Waals surface area contributed by atoms with Crippen molar-refractivity contribution in [3.8, 4) is 0 Å². The first-order chi connectivity index (χ1) is 7.22. The predicted molar refractivity (Wildman–Crippen MR) is 51.6 cm³/mol. The van der Waals surface area contributed by atoms with Crippen molar-refractivity contribution < 1.29 is 19.5 Å². The molecule has 1 aromatic carbocycles. The Labute approximate surface area is 86.8 Å². The lowest BCUT2D eigenvalue weighted by Gasteiger charge is -2.14. The Morgan fingerprint density at radius 1 is 1.40 bits per heavy atom. The second-order valence-corrected chi connectivity index (χ2v) is 2.83. The van der Waals surface area contributed by atoms with Crippen LogP contribution < -0.4 is 0 Å². The number of carboxylic acids is 1. The lowest BCUT2D eigenvalue weighted by molar-refractivity contribution is -0.185. The normalized spacial score (nSPS) is 9.60. The van der Waals surface area contributed by atoms with Gasteiger partial charge in [0.25, 0.3) is 0 Å². The molecule has 0 saturated heterocycles. The van der Waals surface area contributed by atoms with E-state index in [1.165, 1.54) is 0 Å². The molecule has 5 nitrogen and oxygen atoms in total. The van der Waals surface area contributed by atoms with Crippen molar-refractivity contribution in [3.05, 3.63) is 35.9 Å². The molecule has 0 saturated carbocycles. The Morgan fingerprint density at radius 2 is 2.07 bits per heavy atom. The van der Waals surface area contributed by atoms with E-state index < -0.39 is 12.5 Å². The average Bonchev–Trinajstić information content (AvgIpc) is 2.25. The van der Waals surface area contributed by atoms with Gasteiger partial charge in [-0.05, 0) is 5.56 Å². The van der Waals surface area contributed by atoms with Crippen LogP contribution in [0.5, 0.6) is 0 Å². The van der Waals surface area contributed by atoms with Crippen molar-refractivity contribution in [1.29, 1.82) is 0 Å². The molecule has 0 aromatic heterocycles. The van der Waals surface area contributed by atoms with Crippen LogP contribution in [0.3, 0.4) is 0 Å². The molecule has 0 aliphatic rings. The number of carbonyl (C=O) groups excluding carboxylic acids is 1. The molecule has 1 N–H and O–H groups in total. The van der Waals surface area contributed by atoms with E-state index in [-0.39, 0.29) is 6.61 Å². The molecule has 80 valence electrons. The third-order valence-corrected chi connectivity index (χ3v) is 1.65. The van der Waals surface area contributed by atoms with Crippen molar-refractivity contribution in [2.45, 2.75) is 6.61 Å². The van der Waals surface area contributed by atoms with Crippen molar-refractivity contribution in [3.63, 3.8) is 0 Å². The van der Waals surface area contributed by atoms with Crippen LogP contribution >= 0.6 is 0 Å². The fraction of sp³-hybridized carbons (Fsp3) is 0.200. The zero-order valence-corrected chi connectivity index (χ0v) is 8.00. The second kappa shape index (κ2) is 5.77. The Bertz CT molecular complexity index is 325. The lowest BCUT2D eigenvalue weighted by atomic mass is 10.2. The maximum atomic E-state index is 10.4. The van der Waals surface area contributed by atoms with Gasteiger partial charge in [0.15, 0.2) is 0 Å². The summed E-state index contributed by atoms with van der Waals surface area (Å²) in [5.41, 5.74) is 0.870. The first-order valence-electron chi connectivity index (χ1n) is 4.33. The molecule has 0 heterocycles. The Balaban J connectivity index is 2.41. The van der Waals surface area contributed by atoms with Crippen molar-refractivity contribution >= 4 is 12.4 Å². The first kappa shape index (κ1) is 11.2. The molecule has 15 heavy (non-hydrogen) atoms. The summed E-state index contributed by atoms with van der Waals surface area (Å²) in [5.74, 6) is -1.12. The molecular formula is C10H11NO4. The van der Waals surface area contributed by atoms with Gasteiger partial charge in [-0.3, -0.25) is 14.4 Å². The van der Waals surface area contributed by atoms with Crippen molar-refractivity contribution in [1.82, 2.24) is 5.06 Å². The first-order valence-corrected chi connectivity index (χ1v) is 4.33. The Hall–Kier alpha value is -1.88. The molecular weight excluding hydrogens is 198 g/mol. The van der Waals surface area contributed by atoms with Crippen LogP contribution in [0.4, 0.5) is 0 Å². The van der Waals surface area contributed by atoms with Crippen LogP contribution in [0.15, 0.2) is 30.3 Å². The van der Waals surface area contributed by atoms with Crippen LogP contribution in [0.2, 0.25) is 0 Å². The van der Waals surface area contributed by atoms with E-state index in [0.29, 0.717) is 6.41 Å². The van der Waals surface area contributed by atoms with Crippen LogP contribution in [-0.4, -0.2) is 29.1 Å². The third-order valence-electron chi connectivity index (χ3n) is 1.65. The molecule has 0 aliphatic heterocycles. The quantitative estimate of drug-likeness (QED) is 0.552. The summed E-state index contributed by atoms with van der Waals surface area (Å²) in [6.07, 6.45) is 0.344. The van der Waals surface area contributed by atoms with Crippen LogP contribution in [-0.2, 0) is 21.0 Å². The summed E-state index contributed by atoms with van der Waals surface area (Å²) in [6, 6.07) is 9.17. The molecule has 0 spiro atoms. The van der Waals surface area contributed by atoms with E-state index in [1.54, 1.807) is 0 Å². The number of nitrogens with zero attached hydrogens (tertiary/aromatic N) is 1. The number of amides is 1. The van der Waals surface area contributed by atoms with Crippen LogP contribution in [0, 0.1) is 0 Å². The van der Waals surface area contributed by atoms with E-state index >= 15 is 0 Å². The fourth-order valence-electron chi connectivity index (χ4n) is 0.978. The zero-order valence-electron chi connectivity index (χ0n) is 8.00. The highest BCUT2D eigenvalue weighted by atomic mass is 16.7. The molecule has 0 bridgehead atoms. The summed E-state index contributed by atoms with van der Waals surface area (Å²) < 4.78 is 0. The van der Waals surface area contributed by atoms with Crippen LogP contribution in [0.25, 0.3) is 0 Å². The monoisotopic (exact) mass is 209 g/mol. The van der Waals surface area contributed by atoms with Gasteiger partial charge in [-0.25, -0.2) is 5.06 Å². The highest BCUT2D eigenvalue weighted by Gasteiger charge is 2.07. The molecule has 0 unspecified atom stereocenters. The number of hydrogen-bond acceptors (Lipinski definition) is 3. The SMILES string of the molecule is O=CN(CC(=O)O)OCc1ccccc1.